The largest absolute Gasteiger partial charge is 0.350 e. The van der Waals surface area contributed by atoms with Gasteiger partial charge in [-0.2, -0.15) is 0 Å². The third-order valence-corrected chi connectivity index (χ3v) is 2.24. The van der Waals surface area contributed by atoms with Crippen molar-refractivity contribution in [2.24, 2.45) is 0 Å². The van der Waals surface area contributed by atoms with Crippen molar-refractivity contribution in [2.75, 3.05) is 5.88 Å². The van der Waals surface area contributed by atoms with E-state index >= 15 is 0 Å². The molecule has 8 heteroatoms. The molecule has 1 rings (SSSR count). The molecule has 16 heavy (non-hydrogen) atoms. The molecular formula is C8H10ClN3O4. The number of alkyl halides is 1. The van der Waals surface area contributed by atoms with Crippen LogP contribution in [0.2, 0.25) is 0 Å². The van der Waals surface area contributed by atoms with Gasteiger partial charge in [-0.3, -0.25) is 24.5 Å². The van der Waals surface area contributed by atoms with E-state index < -0.39 is 21.9 Å². The molecule has 0 aromatic carbocycles. The maximum absolute atomic E-state index is 11.3. The van der Waals surface area contributed by atoms with Gasteiger partial charge in [-0.1, -0.05) is 0 Å². The molecule has 0 amide bonds. The number of hydrogen-bond acceptors (Lipinski definition) is 4. The van der Waals surface area contributed by atoms with Gasteiger partial charge in [-0.15, -0.1) is 11.6 Å². The number of halogens is 1. The Balaban J connectivity index is 3.01. The molecular weight excluding hydrogens is 238 g/mol. The first-order valence-corrected chi connectivity index (χ1v) is 5.14. The molecule has 0 aliphatic carbocycles. The van der Waals surface area contributed by atoms with Crippen LogP contribution in [0.25, 0.3) is 0 Å². The molecule has 88 valence electrons. The summed E-state index contributed by atoms with van der Waals surface area (Å²) in [5.74, 6) is 0.459. The summed E-state index contributed by atoms with van der Waals surface area (Å²) in [5.41, 5.74) is -2.26. The van der Waals surface area contributed by atoms with Crippen molar-refractivity contribution in [1.29, 1.82) is 0 Å². The minimum atomic E-state index is -0.983. The first-order chi connectivity index (χ1) is 7.56. The molecule has 0 aliphatic rings. The fourth-order valence-electron chi connectivity index (χ4n) is 1.17. The minimum Gasteiger partial charge on any atom is -0.294 e. The number of rotatable bonds is 5. The van der Waals surface area contributed by atoms with Crippen molar-refractivity contribution in [2.45, 2.75) is 19.4 Å². The van der Waals surface area contributed by atoms with Crippen LogP contribution >= 0.6 is 11.6 Å². The lowest BCUT2D eigenvalue weighted by Crippen LogP contribution is -2.30. The molecule has 0 fully saturated rings. The monoisotopic (exact) mass is 247 g/mol. The Kier molecular flexibility index (Phi) is 4.24. The van der Waals surface area contributed by atoms with Crippen LogP contribution in [0, 0.1) is 10.1 Å². The van der Waals surface area contributed by atoms with E-state index in [2.05, 4.69) is 0 Å². The van der Waals surface area contributed by atoms with Crippen LogP contribution in [0.1, 0.15) is 12.8 Å². The number of aromatic amines is 1. The highest BCUT2D eigenvalue weighted by Crippen LogP contribution is 2.01. The van der Waals surface area contributed by atoms with E-state index in [-0.39, 0.29) is 0 Å². The average molecular weight is 248 g/mol. The van der Waals surface area contributed by atoms with Gasteiger partial charge in [0, 0.05) is 12.4 Å². The van der Waals surface area contributed by atoms with E-state index in [1.165, 1.54) is 0 Å². The van der Waals surface area contributed by atoms with Crippen LogP contribution in [0.5, 0.6) is 0 Å². The Morgan fingerprint density at radius 3 is 2.69 bits per heavy atom. The Bertz CT molecular complexity index is 493. The molecule has 1 aromatic rings. The van der Waals surface area contributed by atoms with Crippen molar-refractivity contribution in [3.8, 4) is 0 Å². The first kappa shape index (κ1) is 12.4. The zero-order valence-electron chi connectivity index (χ0n) is 8.31. The molecule has 1 aromatic heterocycles. The van der Waals surface area contributed by atoms with Crippen molar-refractivity contribution >= 4 is 17.3 Å². The lowest BCUT2D eigenvalue weighted by Gasteiger charge is -2.02. The van der Waals surface area contributed by atoms with E-state index in [1.807, 2.05) is 4.98 Å². The van der Waals surface area contributed by atoms with Crippen LogP contribution in [-0.4, -0.2) is 20.4 Å². The molecule has 0 bridgehead atoms. The molecule has 0 saturated carbocycles. The third-order valence-electron chi connectivity index (χ3n) is 1.97. The van der Waals surface area contributed by atoms with Gasteiger partial charge in [0.05, 0.1) is 11.1 Å². The Morgan fingerprint density at radius 2 is 2.12 bits per heavy atom. The Labute approximate surface area is 94.8 Å². The molecule has 0 spiro atoms. The SMILES string of the molecule is O=c1[nH]c(=O)n(CCCCCl)cc1[N+](=O)[O-]. The number of H-pyrrole nitrogens is 1. The highest BCUT2D eigenvalue weighted by atomic mass is 35.5. The molecule has 0 unspecified atom stereocenters. The number of nitro groups is 1. The number of unbranched alkanes of at least 4 members (excludes halogenated alkanes) is 1. The number of aromatic nitrogens is 2. The lowest BCUT2D eigenvalue weighted by atomic mass is 10.3. The predicted octanol–water partition coefficient (Wildman–Crippen LogP) is 0.464. The topological polar surface area (TPSA) is 98.0 Å². The van der Waals surface area contributed by atoms with Gasteiger partial charge < -0.3 is 0 Å². The van der Waals surface area contributed by atoms with Gasteiger partial charge in [0.15, 0.2) is 0 Å². The van der Waals surface area contributed by atoms with Crippen molar-refractivity contribution < 1.29 is 4.92 Å². The molecule has 0 saturated heterocycles. The van der Waals surface area contributed by atoms with Crippen LogP contribution in [0.3, 0.4) is 0 Å². The number of nitrogens with one attached hydrogen (secondary N) is 1. The van der Waals surface area contributed by atoms with E-state index in [4.69, 9.17) is 11.6 Å². The molecule has 0 atom stereocenters. The van der Waals surface area contributed by atoms with Crippen LogP contribution in [0.15, 0.2) is 15.8 Å². The summed E-state index contributed by atoms with van der Waals surface area (Å²) in [6.45, 7) is 0.295. The fourth-order valence-corrected chi connectivity index (χ4v) is 1.36. The number of nitrogens with zero attached hydrogens (tertiary/aromatic N) is 2. The molecule has 0 radical (unpaired) electrons. The Hall–Kier alpha value is -1.63. The second-order valence-corrected chi connectivity index (χ2v) is 3.50. The number of aryl methyl sites for hydroxylation is 1. The lowest BCUT2D eigenvalue weighted by molar-refractivity contribution is -0.386. The van der Waals surface area contributed by atoms with Gasteiger partial charge in [-0.25, -0.2) is 4.79 Å². The van der Waals surface area contributed by atoms with E-state index in [0.29, 0.717) is 25.3 Å². The van der Waals surface area contributed by atoms with Gasteiger partial charge in [0.25, 0.3) is 0 Å². The zero-order valence-corrected chi connectivity index (χ0v) is 9.07. The zero-order chi connectivity index (χ0) is 12.1. The summed E-state index contributed by atoms with van der Waals surface area (Å²) in [7, 11) is 0. The maximum atomic E-state index is 11.3. The summed E-state index contributed by atoms with van der Waals surface area (Å²) < 4.78 is 1.10. The average Bonchev–Trinajstić information content (AvgIpc) is 2.21. The van der Waals surface area contributed by atoms with E-state index in [1.54, 1.807) is 0 Å². The summed E-state index contributed by atoms with van der Waals surface area (Å²) in [4.78, 5) is 33.8. The predicted molar refractivity (Wildman–Crippen MR) is 57.9 cm³/mol. The van der Waals surface area contributed by atoms with Gasteiger partial charge >= 0.3 is 16.9 Å². The second-order valence-electron chi connectivity index (χ2n) is 3.12. The van der Waals surface area contributed by atoms with Crippen LogP contribution in [-0.2, 0) is 6.54 Å². The van der Waals surface area contributed by atoms with Crippen molar-refractivity contribution in [3.63, 3.8) is 0 Å². The third kappa shape index (κ3) is 2.93. The van der Waals surface area contributed by atoms with Crippen molar-refractivity contribution in [1.82, 2.24) is 9.55 Å². The van der Waals surface area contributed by atoms with Crippen LogP contribution in [0.4, 0.5) is 5.69 Å². The highest BCUT2D eigenvalue weighted by Gasteiger charge is 2.14. The normalized spacial score (nSPS) is 10.3. The number of hydrogen-bond donors (Lipinski definition) is 1. The van der Waals surface area contributed by atoms with Gasteiger partial charge in [0.1, 0.15) is 0 Å². The summed E-state index contributed by atoms with van der Waals surface area (Å²) >= 11 is 5.46. The molecule has 1 heterocycles. The quantitative estimate of drug-likeness (QED) is 0.354. The Morgan fingerprint density at radius 1 is 1.44 bits per heavy atom. The summed E-state index contributed by atoms with van der Waals surface area (Å²) in [5, 5.41) is 10.5. The fraction of sp³-hybridized carbons (Fsp3) is 0.500. The van der Waals surface area contributed by atoms with Crippen molar-refractivity contribution in [3.05, 3.63) is 37.1 Å². The summed E-state index contributed by atoms with van der Waals surface area (Å²) in [6.07, 6.45) is 2.27. The minimum absolute atomic E-state index is 0.295. The standard InChI is InChI=1S/C8H10ClN3O4/c9-3-1-2-4-11-5-6(12(15)16)7(13)10-8(11)14/h5H,1-4H2,(H,10,13,14). The molecule has 1 N–H and O–H groups in total. The van der Waals surface area contributed by atoms with Gasteiger partial charge in [0.2, 0.25) is 0 Å². The summed E-state index contributed by atoms with van der Waals surface area (Å²) in [6, 6.07) is 0. The van der Waals surface area contributed by atoms with E-state index in [0.717, 1.165) is 10.8 Å². The van der Waals surface area contributed by atoms with E-state index in [9.17, 15) is 19.7 Å². The molecule has 7 nitrogen and oxygen atoms in total. The van der Waals surface area contributed by atoms with Gasteiger partial charge in [-0.05, 0) is 12.8 Å². The smallest absolute Gasteiger partial charge is 0.294 e. The van der Waals surface area contributed by atoms with Crippen LogP contribution < -0.4 is 11.2 Å². The second kappa shape index (κ2) is 5.45. The molecule has 0 aliphatic heterocycles. The maximum Gasteiger partial charge on any atom is 0.350 e. The highest BCUT2D eigenvalue weighted by molar-refractivity contribution is 6.17. The first-order valence-electron chi connectivity index (χ1n) is 4.60.